The van der Waals surface area contributed by atoms with Crippen molar-refractivity contribution in [2.24, 2.45) is 7.05 Å². The number of nitrogens with one attached hydrogen (secondary N) is 1. The molecule has 0 aliphatic carbocycles. The van der Waals surface area contributed by atoms with Gasteiger partial charge in [-0.25, -0.2) is 0 Å². The van der Waals surface area contributed by atoms with Gasteiger partial charge in [-0.2, -0.15) is 5.10 Å². The Morgan fingerprint density at radius 1 is 1.48 bits per heavy atom. The molecule has 0 saturated carbocycles. The molecular weight excluding hydrogens is 360 g/mol. The molecule has 0 fully saturated rings. The molecule has 0 saturated heterocycles. The lowest BCUT2D eigenvalue weighted by atomic mass is 10.1. The molecule has 1 aromatic carbocycles. The van der Waals surface area contributed by atoms with E-state index in [-0.39, 0.29) is 18.3 Å². The summed E-state index contributed by atoms with van der Waals surface area (Å²) in [7, 11) is 7.08. The number of rotatable bonds is 7. The molecule has 25 heavy (non-hydrogen) atoms. The van der Waals surface area contributed by atoms with Gasteiger partial charge in [-0.3, -0.25) is 9.48 Å². The number of hydrogen-bond acceptors (Lipinski definition) is 5. The first-order valence-electron chi connectivity index (χ1n) is 7.61. The second-order valence-corrected chi connectivity index (χ2v) is 6.40. The van der Waals surface area contributed by atoms with Crippen LogP contribution in [0.1, 0.15) is 17.2 Å². The van der Waals surface area contributed by atoms with E-state index >= 15 is 0 Å². The summed E-state index contributed by atoms with van der Waals surface area (Å²) in [6.45, 7) is 0.516. The number of carbonyl (C=O) groups is 1. The summed E-state index contributed by atoms with van der Waals surface area (Å²) >= 11 is 1.64. The van der Waals surface area contributed by atoms with Gasteiger partial charge < -0.3 is 15.0 Å². The number of thioether (sulfide) groups is 1. The Hall–Kier alpha value is -1.70. The number of halogens is 1. The lowest BCUT2D eigenvalue weighted by Crippen LogP contribution is -2.37. The fraction of sp³-hybridized carbons (Fsp3) is 0.412. The van der Waals surface area contributed by atoms with Crippen molar-refractivity contribution in [3.63, 3.8) is 0 Å². The molecule has 1 N–H and O–H groups in total. The van der Waals surface area contributed by atoms with Crippen LogP contribution in [0.3, 0.4) is 0 Å². The van der Waals surface area contributed by atoms with Crippen molar-refractivity contribution >= 4 is 30.1 Å². The molecule has 8 heteroatoms. The zero-order valence-electron chi connectivity index (χ0n) is 15.1. The average molecular weight is 385 g/mol. The van der Waals surface area contributed by atoms with Crippen LogP contribution >= 0.6 is 24.2 Å². The van der Waals surface area contributed by atoms with Crippen molar-refractivity contribution in [2.75, 3.05) is 27.5 Å². The molecule has 6 nitrogen and oxygen atoms in total. The number of amides is 1. The number of nitrogens with zero attached hydrogens (tertiary/aromatic N) is 3. The zero-order chi connectivity index (χ0) is 17.7. The van der Waals surface area contributed by atoms with E-state index in [1.165, 1.54) is 0 Å². The number of aromatic nitrogens is 2. The third-order valence-corrected chi connectivity index (χ3v) is 4.61. The number of carbonyl (C=O) groups excluding carboxylic acids is 1. The summed E-state index contributed by atoms with van der Waals surface area (Å²) in [6, 6.07) is 5.62. The molecule has 1 heterocycles. The van der Waals surface area contributed by atoms with Gasteiger partial charge in [-0.1, -0.05) is 6.07 Å². The maximum Gasteiger partial charge on any atom is 0.244 e. The van der Waals surface area contributed by atoms with Crippen LogP contribution in [-0.4, -0.2) is 48.0 Å². The largest absolute Gasteiger partial charge is 0.496 e. The number of benzene rings is 1. The molecule has 2 rings (SSSR count). The van der Waals surface area contributed by atoms with Gasteiger partial charge in [0.25, 0.3) is 0 Å². The molecule has 0 aliphatic heterocycles. The van der Waals surface area contributed by atoms with Crippen LogP contribution in [-0.2, 0) is 18.4 Å². The first-order chi connectivity index (χ1) is 11.5. The van der Waals surface area contributed by atoms with Crippen LogP contribution in [0.2, 0.25) is 0 Å². The van der Waals surface area contributed by atoms with Gasteiger partial charge in [0.1, 0.15) is 11.8 Å². The Labute approximate surface area is 159 Å². The van der Waals surface area contributed by atoms with E-state index in [9.17, 15) is 4.79 Å². The van der Waals surface area contributed by atoms with Gasteiger partial charge in [-0.15, -0.1) is 24.2 Å². The molecule has 0 radical (unpaired) electrons. The quantitative estimate of drug-likeness (QED) is 0.743. The normalized spacial score (nSPS) is 11.6. The molecule has 1 amide bonds. The minimum atomic E-state index is -0.406. The molecule has 1 unspecified atom stereocenters. The van der Waals surface area contributed by atoms with E-state index in [1.54, 1.807) is 48.7 Å². The van der Waals surface area contributed by atoms with Crippen molar-refractivity contribution in [1.82, 2.24) is 20.0 Å². The number of ether oxygens (including phenoxy) is 1. The number of likely N-dealkylation sites (N-methyl/N-ethyl adjacent to an activating group) is 2. The van der Waals surface area contributed by atoms with Gasteiger partial charge in [0, 0.05) is 37.3 Å². The fourth-order valence-corrected chi connectivity index (χ4v) is 3.12. The predicted octanol–water partition coefficient (Wildman–Crippen LogP) is 2.49. The van der Waals surface area contributed by atoms with E-state index in [0.29, 0.717) is 6.54 Å². The molecule has 138 valence electrons. The van der Waals surface area contributed by atoms with Gasteiger partial charge in [-0.05, 0) is 31.0 Å². The SMILES string of the molecule is CNC(C(=O)N(C)Cc1ccc(SC)c(OC)c1)c1cnn(C)c1.Cl. The van der Waals surface area contributed by atoms with Crippen LogP contribution in [0.25, 0.3) is 0 Å². The molecule has 1 aromatic heterocycles. The van der Waals surface area contributed by atoms with E-state index in [0.717, 1.165) is 21.8 Å². The van der Waals surface area contributed by atoms with E-state index in [2.05, 4.69) is 10.4 Å². The van der Waals surface area contributed by atoms with E-state index in [1.807, 2.05) is 37.7 Å². The van der Waals surface area contributed by atoms with Crippen LogP contribution in [0.5, 0.6) is 5.75 Å². The smallest absolute Gasteiger partial charge is 0.244 e. The summed E-state index contributed by atoms with van der Waals surface area (Å²) in [5.74, 6) is 0.830. The van der Waals surface area contributed by atoms with Crippen molar-refractivity contribution in [1.29, 1.82) is 0 Å². The Morgan fingerprint density at radius 3 is 2.72 bits per heavy atom. The highest BCUT2D eigenvalue weighted by atomic mass is 35.5. The molecule has 0 spiro atoms. The van der Waals surface area contributed by atoms with Crippen molar-refractivity contribution in [2.45, 2.75) is 17.5 Å². The standard InChI is InChI=1S/C17H24N4O2S.ClH/c1-18-16(13-9-19-21(3)11-13)17(22)20(2)10-12-6-7-15(24-5)14(8-12)23-4;/h6-9,11,16,18H,10H2,1-5H3;1H. The zero-order valence-corrected chi connectivity index (χ0v) is 16.8. The van der Waals surface area contributed by atoms with Crippen molar-refractivity contribution in [3.8, 4) is 5.75 Å². The number of aryl methyl sites for hydroxylation is 1. The lowest BCUT2D eigenvalue weighted by molar-refractivity contribution is -0.132. The Bertz CT molecular complexity index is 708. The second-order valence-electron chi connectivity index (χ2n) is 5.55. The highest BCUT2D eigenvalue weighted by Crippen LogP contribution is 2.29. The number of hydrogen-bond donors (Lipinski definition) is 1. The third-order valence-electron chi connectivity index (χ3n) is 3.84. The molecule has 0 aliphatic rings. The lowest BCUT2D eigenvalue weighted by Gasteiger charge is -2.23. The Balaban J connectivity index is 0.00000312. The van der Waals surface area contributed by atoms with Crippen molar-refractivity contribution in [3.05, 3.63) is 41.7 Å². The first-order valence-corrected chi connectivity index (χ1v) is 8.84. The summed E-state index contributed by atoms with van der Waals surface area (Å²) in [4.78, 5) is 15.5. The minimum absolute atomic E-state index is 0. The molecular formula is C17H25ClN4O2S. The van der Waals surface area contributed by atoms with Crippen LogP contribution in [0.4, 0.5) is 0 Å². The Morgan fingerprint density at radius 2 is 2.20 bits per heavy atom. The summed E-state index contributed by atoms with van der Waals surface area (Å²) in [6.07, 6.45) is 5.57. The first kappa shape index (κ1) is 21.3. The summed E-state index contributed by atoms with van der Waals surface area (Å²) in [5, 5.41) is 7.21. The molecule has 1 atom stereocenters. The summed E-state index contributed by atoms with van der Waals surface area (Å²) in [5.41, 5.74) is 1.88. The van der Waals surface area contributed by atoms with Gasteiger partial charge in [0.2, 0.25) is 5.91 Å². The average Bonchev–Trinajstić information content (AvgIpc) is 3.01. The van der Waals surface area contributed by atoms with Crippen LogP contribution < -0.4 is 10.1 Å². The monoisotopic (exact) mass is 384 g/mol. The Kier molecular flexibility index (Phi) is 8.28. The van der Waals surface area contributed by atoms with Crippen molar-refractivity contribution < 1.29 is 9.53 Å². The highest BCUT2D eigenvalue weighted by Gasteiger charge is 2.23. The van der Waals surface area contributed by atoms with Gasteiger partial charge >= 0.3 is 0 Å². The topological polar surface area (TPSA) is 59.4 Å². The van der Waals surface area contributed by atoms with Gasteiger partial charge in [0.15, 0.2) is 0 Å². The molecule has 2 aromatic rings. The fourth-order valence-electron chi connectivity index (χ4n) is 2.57. The minimum Gasteiger partial charge on any atom is -0.496 e. The summed E-state index contributed by atoms with van der Waals surface area (Å²) < 4.78 is 7.11. The predicted molar refractivity (Wildman–Crippen MR) is 104 cm³/mol. The maximum absolute atomic E-state index is 12.8. The van der Waals surface area contributed by atoms with E-state index in [4.69, 9.17) is 4.74 Å². The third kappa shape index (κ3) is 5.14. The van der Waals surface area contributed by atoms with Gasteiger partial charge in [0.05, 0.1) is 13.3 Å². The van der Waals surface area contributed by atoms with Crippen LogP contribution in [0.15, 0.2) is 35.5 Å². The second kappa shape index (κ2) is 9.70. The van der Waals surface area contributed by atoms with Crippen LogP contribution in [0, 0.1) is 0 Å². The number of methoxy groups -OCH3 is 1. The maximum atomic E-state index is 12.8. The highest BCUT2D eigenvalue weighted by molar-refractivity contribution is 7.98. The molecule has 0 bridgehead atoms. The van der Waals surface area contributed by atoms with E-state index < -0.39 is 6.04 Å².